The number of rotatable bonds is 29. The van der Waals surface area contributed by atoms with Crippen molar-refractivity contribution in [1.29, 1.82) is 0 Å². The van der Waals surface area contributed by atoms with E-state index in [1.807, 2.05) is 201 Å². The van der Waals surface area contributed by atoms with Gasteiger partial charge < -0.3 is 83.3 Å². The Morgan fingerprint density at radius 1 is 0.500 bits per heavy atom. The molecule has 37 nitrogen and oxygen atoms in total. The van der Waals surface area contributed by atoms with E-state index in [1.54, 1.807) is 49.9 Å². The SMILES string of the molecule is C#CC(=O)N1CCN(c2cnn(-c3ccccc3)c(=O)c2NCCN2CCOCC2)CC1.CCOC(=O)C1CCCN(c2c(N3CCN(C(=O)C(C)=O)CC3)cnn(-c3ccccc3)c2=O)C1.COCCC(=O)N1CCN(c2cnn(-c3ccccc3)c(=O)c2N(C)CCc2ccccn2)CC1.O=C(C1CCCO1)N1CCN(c2cnn(-c3ccccc3)c(=O)c2NCCOc2ccccc2)CC1. The summed E-state index contributed by atoms with van der Waals surface area (Å²) in [4.78, 5) is 153. The number of piperazine rings is 4. The number of methoxy groups -OCH3 is 1. The van der Waals surface area contributed by atoms with Crippen LogP contribution in [0.3, 0.4) is 0 Å². The van der Waals surface area contributed by atoms with Gasteiger partial charge in [-0.3, -0.25) is 57.8 Å². The largest absolute Gasteiger partial charge is 0.492 e. The monoisotopic (exact) mass is 1880 g/mol. The van der Waals surface area contributed by atoms with Crippen molar-refractivity contribution in [3.63, 3.8) is 0 Å². The molecule has 7 fully saturated rings. The number of likely N-dealkylation sites (N-methyl/N-ethyl adjacent to an activating group) is 1. The van der Waals surface area contributed by atoms with Gasteiger partial charge in [0.2, 0.25) is 11.7 Å². The maximum atomic E-state index is 13.8. The first-order valence-corrected chi connectivity index (χ1v) is 47.3. The van der Waals surface area contributed by atoms with Crippen LogP contribution in [0.1, 0.15) is 51.6 Å². The Balaban J connectivity index is 0.000000147. The smallest absolute Gasteiger partial charge is 0.310 e. The highest BCUT2D eigenvalue weighted by molar-refractivity contribution is 6.35. The van der Waals surface area contributed by atoms with E-state index in [0.29, 0.717) is 229 Å². The first kappa shape index (κ1) is 99.4. The molecule has 0 saturated carbocycles. The summed E-state index contributed by atoms with van der Waals surface area (Å²) < 4.78 is 32.7. The molecular weight excluding hydrogens is 1760 g/mol. The van der Waals surface area contributed by atoms with E-state index < -0.39 is 11.7 Å². The summed E-state index contributed by atoms with van der Waals surface area (Å²) in [7, 11) is 3.53. The van der Waals surface area contributed by atoms with Crippen LogP contribution in [0.25, 0.3) is 22.7 Å². The topological polar surface area (TPSA) is 361 Å². The second kappa shape index (κ2) is 49.8. The molecule has 12 heterocycles. The van der Waals surface area contributed by atoms with Gasteiger partial charge in [-0.15, -0.1) is 6.42 Å². The van der Waals surface area contributed by atoms with E-state index in [0.717, 1.165) is 86.3 Å². The van der Waals surface area contributed by atoms with Gasteiger partial charge in [-0.1, -0.05) is 97.1 Å². The summed E-state index contributed by atoms with van der Waals surface area (Å²) in [5.74, 6) is 1.30. The average molecular weight is 1880 g/mol. The molecule has 7 aliphatic rings. The number of hydrogen-bond acceptors (Lipinski definition) is 29. The molecule has 0 radical (unpaired) electrons. The number of ether oxygens (including phenoxy) is 5. The number of terminal acetylenes is 1. The zero-order valence-corrected chi connectivity index (χ0v) is 78.8. The Morgan fingerprint density at radius 2 is 0.978 bits per heavy atom. The third kappa shape index (κ3) is 25.8. The zero-order valence-electron chi connectivity index (χ0n) is 78.8. The molecule has 0 aliphatic carbocycles. The van der Waals surface area contributed by atoms with Crippen molar-refractivity contribution in [3.05, 3.63) is 248 Å². The lowest BCUT2D eigenvalue weighted by Gasteiger charge is -2.39. The van der Waals surface area contributed by atoms with Crippen molar-refractivity contribution in [2.24, 2.45) is 5.92 Å². The average Bonchev–Trinajstić information content (AvgIpc) is 0.892. The minimum absolute atomic E-state index is 0.0705. The van der Waals surface area contributed by atoms with E-state index in [9.17, 15) is 47.9 Å². The van der Waals surface area contributed by atoms with Gasteiger partial charge in [0.15, 0.2) is 0 Å². The number of para-hydroxylation sites is 5. The van der Waals surface area contributed by atoms with Gasteiger partial charge in [-0.05, 0) is 111 Å². The molecule has 17 rings (SSSR count). The minimum atomic E-state index is -0.490. The summed E-state index contributed by atoms with van der Waals surface area (Å²) in [5.41, 5.74) is 7.92. The first-order chi connectivity index (χ1) is 67.4. The highest BCUT2D eigenvalue weighted by Crippen LogP contribution is 2.34. The molecule has 10 aromatic rings. The number of amides is 4. The second-order valence-corrected chi connectivity index (χ2v) is 34.0. The van der Waals surface area contributed by atoms with Crippen molar-refractivity contribution >= 4 is 80.9 Å². The van der Waals surface area contributed by atoms with Crippen LogP contribution in [0.5, 0.6) is 5.75 Å². The molecule has 5 aromatic heterocycles. The van der Waals surface area contributed by atoms with Gasteiger partial charge in [-0.25, -0.2) is 0 Å². The molecule has 37 heteroatoms. The molecular formula is C101H122N22O15. The highest BCUT2D eigenvalue weighted by Gasteiger charge is 2.36. The highest BCUT2D eigenvalue weighted by atomic mass is 16.5. The van der Waals surface area contributed by atoms with Crippen LogP contribution in [-0.4, -0.2) is 321 Å². The van der Waals surface area contributed by atoms with E-state index in [-0.39, 0.29) is 57.9 Å². The van der Waals surface area contributed by atoms with E-state index >= 15 is 0 Å². The van der Waals surface area contributed by atoms with Crippen LogP contribution < -0.4 is 67.0 Å². The summed E-state index contributed by atoms with van der Waals surface area (Å²) in [6.07, 6.45) is 17.9. The Bertz CT molecular complexity index is 5980. The van der Waals surface area contributed by atoms with Crippen molar-refractivity contribution in [2.45, 2.75) is 58.5 Å². The molecule has 0 spiro atoms. The normalized spacial score (nSPS) is 16.7. The number of morpholine rings is 1. The number of carbonyl (C=O) groups excluding carboxylic acids is 6. The zero-order chi connectivity index (χ0) is 96.7. The lowest BCUT2D eigenvalue weighted by Crippen LogP contribution is -2.52. The summed E-state index contributed by atoms with van der Waals surface area (Å²) in [5, 5.41) is 24.5. The maximum absolute atomic E-state index is 13.8. The minimum Gasteiger partial charge on any atom is -0.492 e. The second-order valence-electron chi connectivity index (χ2n) is 34.0. The fourth-order valence-electron chi connectivity index (χ4n) is 17.6. The summed E-state index contributed by atoms with van der Waals surface area (Å²) in [6.45, 7) is 20.4. The standard InChI is InChI=1S/C27H31N5O4.C26H32N6O3.C25H31N5O5.C23H28N6O3/c33-26(24-12-7-18-36-24)31-16-14-30(15-17-31)23-20-29-32(21-8-3-1-4-9-21)27(34)25(23)28-13-19-35-22-10-5-2-6-11-22;1-29(14-11-21-8-6-7-13-27-21)25-23(20-28-32(26(25)34)22-9-4-3-5-10-22)30-15-17-31(18-16-30)24(33)12-19-35-2;1-3-35-25(34)19-8-7-11-29(17-19)22-21(27-12-14-28(15-13-27)23(32)18(2)31)16-26-30(24(22)33)20-9-5-4-6-10-20;1-2-21(30)28-12-10-27(11-13-28)20-18-25-29(19-6-4-3-5-7-19)23(31)22(20)24-8-9-26-14-16-32-17-15-26/h1-6,8-11,20,24,28H,7,12-19H2;3-10,13,20H,11-12,14-19H2,1-2H3;4-6,9-10,16,19H,3,7-8,11-15,17H2,1-2H3;1,3-7,18,24H,8-17H2. The number of hydrogen-bond donors (Lipinski definition) is 2. The number of benzene rings is 5. The molecule has 138 heavy (non-hydrogen) atoms. The van der Waals surface area contributed by atoms with Crippen LogP contribution in [0.15, 0.2) is 220 Å². The first-order valence-electron chi connectivity index (χ1n) is 47.3. The number of carbonyl (C=O) groups is 6. The van der Waals surface area contributed by atoms with Crippen LogP contribution in [-0.2, 0) is 54.1 Å². The maximum Gasteiger partial charge on any atom is 0.310 e. The van der Waals surface area contributed by atoms with E-state index in [2.05, 4.69) is 61.5 Å². The lowest BCUT2D eigenvalue weighted by molar-refractivity contribution is -0.148. The molecule has 2 N–H and O–H groups in total. The molecule has 2 unspecified atom stereocenters. The van der Waals surface area contributed by atoms with Crippen LogP contribution >= 0.6 is 0 Å². The predicted octanol–water partition coefficient (Wildman–Crippen LogP) is 6.05. The van der Waals surface area contributed by atoms with Crippen molar-refractivity contribution in [3.8, 4) is 40.8 Å². The van der Waals surface area contributed by atoms with Crippen LogP contribution in [0, 0.1) is 18.3 Å². The molecule has 726 valence electrons. The van der Waals surface area contributed by atoms with Gasteiger partial charge in [0.05, 0.1) is 109 Å². The van der Waals surface area contributed by atoms with Gasteiger partial charge in [0.1, 0.15) is 41.2 Å². The number of nitrogens with one attached hydrogen (secondary N) is 2. The number of aromatic nitrogens is 9. The van der Waals surface area contributed by atoms with E-state index in [4.69, 9.17) is 30.1 Å². The quantitative estimate of drug-likeness (QED) is 0.0233. The number of piperidine rings is 1. The number of ketones is 1. The number of anilines is 8. The molecule has 4 amide bonds. The van der Waals surface area contributed by atoms with Gasteiger partial charge >= 0.3 is 5.97 Å². The number of nitrogens with zero attached hydrogens (tertiary/aromatic N) is 20. The third-order valence-corrected chi connectivity index (χ3v) is 25.1. The molecule has 5 aromatic carbocycles. The van der Waals surface area contributed by atoms with Crippen LogP contribution in [0.4, 0.5) is 45.5 Å². The number of esters is 1. The summed E-state index contributed by atoms with van der Waals surface area (Å²) >= 11 is 0. The number of Topliss-reactive ketones (excluding diaryl/α,β-unsaturated/α-hetero) is 1. The number of pyridine rings is 1. The fraction of sp³-hybridized carbons (Fsp3) is 0.416. The Morgan fingerprint density at radius 3 is 1.49 bits per heavy atom. The predicted molar refractivity (Wildman–Crippen MR) is 528 cm³/mol. The van der Waals surface area contributed by atoms with Gasteiger partial charge in [0.25, 0.3) is 40.0 Å². The Kier molecular flexibility index (Phi) is 35.8. The Hall–Kier alpha value is -14.6. The van der Waals surface area contributed by atoms with Crippen molar-refractivity contribution in [2.75, 3.05) is 251 Å². The Labute approximate surface area is 801 Å². The molecule has 0 bridgehead atoms. The van der Waals surface area contributed by atoms with Crippen molar-refractivity contribution < 1.29 is 52.5 Å². The van der Waals surface area contributed by atoms with Crippen LogP contribution in [0.2, 0.25) is 0 Å². The lowest BCUT2D eigenvalue weighted by atomic mass is 9.97. The molecule has 7 saturated heterocycles. The molecule has 7 aliphatic heterocycles. The fourth-order valence-corrected chi connectivity index (χ4v) is 17.6. The van der Waals surface area contributed by atoms with Gasteiger partial charge in [0, 0.05) is 203 Å². The van der Waals surface area contributed by atoms with Crippen molar-refractivity contribution in [1.82, 2.24) is 68.6 Å². The molecule has 2 atom stereocenters. The summed E-state index contributed by atoms with van der Waals surface area (Å²) in [6, 6.07) is 52.8. The van der Waals surface area contributed by atoms with Gasteiger partial charge in [-0.2, -0.15) is 39.1 Å². The van der Waals surface area contributed by atoms with E-state index in [1.165, 1.54) is 30.6 Å². The third-order valence-electron chi connectivity index (χ3n) is 25.1.